The van der Waals surface area contributed by atoms with Crippen LogP contribution < -0.4 is 15.2 Å². The third-order valence-corrected chi connectivity index (χ3v) is 8.00. The van der Waals surface area contributed by atoms with Crippen LogP contribution in [0.4, 0.5) is 0 Å². The predicted octanol–water partition coefficient (Wildman–Crippen LogP) is 5.82. The van der Waals surface area contributed by atoms with Crippen molar-refractivity contribution in [2.45, 2.75) is 43.2 Å². The van der Waals surface area contributed by atoms with Crippen molar-refractivity contribution in [2.24, 2.45) is 23.5 Å². The molecule has 2 aromatic rings. The second-order valence-corrected chi connectivity index (χ2v) is 10.2. The summed E-state index contributed by atoms with van der Waals surface area (Å²) >= 11 is 3.72. The van der Waals surface area contributed by atoms with Crippen LogP contribution in [0.3, 0.4) is 0 Å². The second kappa shape index (κ2) is 11.3. The third kappa shape index (κ3) is 6.10. The first-order valence-electron chi connectivity index (χ1n) is 10.5. The molecule has 164 valence electrons. The van der Waals surface area contributed by atoms with Gasteiger partial charge in [0.1, 0.15) is 11.5 Å². The van der Waals surface area contributed by atoms with Crippen LogP contribution in [-0.2, 0) is 4.74 Å². The normalized spacial score (nSPS) is 19.7. The molecule has 2 aromatic carbocycles. The van der Waals surface area contributed by atoms with E-state index in [0.717, 1.165) is 35.0 Å². The highest BCUT2D eigenvalue weighted by molar-refractivity contribution is 7.99. The Morgan fingerprint density at radius 3 is 2.77 bits per heavy atom. The molecule has 0 saturated heterocycles. The van der Waals surface area contributed by atoms with E-state index in [1.54, 1.807) is 7.11 Å². The van der Waals surface area contributed by atoms with Crippen LogP contribution in [0.5, 0.6) is 11.5 Å². The number of methoxy groups -OCH3 is 1. The van der Waals surface area contributed by atoms with Crippen molar-refractivity contribution in [3.8, 4) is 11.5 Å². The first-order valence-corrected chi connectivity index (χ1v) is 12.4. The van der Waals surface area contributed by atoms with Crippen LogP contribution in [-0.4, -0.2) is 31.6 Å². The molecule has 0 aliphatic carbocycles. The standard InChI is InChI=1S/C24H33NO3S2/c1-16(2)18(13-30-22-11-7-8-17(3)23(22)27-15-26-4)12-19-14-29-21-10-6-5-9-20(21)28-24(19)25/h5-11,16,18-19,24H,12-15,25H2,1-4H3/t18-,19+,24?/m1/s1. The average molecular weight is 448 g/mol. The van der Waals surface area contributed by atoms with E-state index >= 15 is 0 Å². The van der Waals surface area contributed by atoms with E-state index in [1.807, 2.05) is 35.7 Å². The lowest BCUT2D eigenvalue weighted by Crippen LogP contribution is -2.38. The first-order chi connectivity index (χ1) is 14.5. The quantitative estimate of drug-likeness (QED) is 0.386. The van der Waals surface area contributed by atoms with Crippen molar-refractivity contribution < 1.29 is 14.2 Å². The van der Waals surface area contributed by atoms with Crippen molar-refractivity contribution in [3.05, 3.63) is 48.0 Å². The second-order valence-electron chi connectivity index (χ2n) is 8.10. The minimum atomic E-state index is -0.271. The Bertz CT molecular complexity index is 815. The molecule has 1 unspecified atom stereocenters. The Morgan fingerprint density at radius 1 is 1.20 bits per heavy atom. The highest BCUT2D eigenvalue weighted by atomic mass is 32.2. The van der Waals surface area contributed by atoms with Crippen LogP contribution in [0.1, 0.15) is 25.8 Å². The van der Waals surface area contributed by atoms with Crippen LogP contribution >= 0.6 is 23.5 Å². The molecule has 0 amide bonds. The fraction of sp³-hybridized carbons (Fsp3) is 0.500. The van der Waals surface area contributed by atoms with Crippen molar-refractivity contribution in [1.29, 1.82) is 0 Å². The van der Waals surface area contributed by atoms with Crippen molar-refractivity contribution in [3.63, 3.8) is 0 Å². The highest BCUT2D eigenvalue weighted by Gasteiger charge is 2.29. The summed E-state index contributed by atoms with van der Waals surface area (Å²) in [6, 6.07) is 14.5. The van der Waals surface area contributed by atoms with E-state index in [4.69, 9.17) is 19.9 Å². The molecule has 1 heterocycles. The summed E-state index contributed by atoms with van der Waals surface area (Å²) in [7, 11) is 1.65. The number of ether oxygens (including phenoxy) is 3. The maximum atomic E-state index is 6.47. The third-order valence-electron chi connectivity index (χ3n) is 5.53. The van der Waals surface area contributed by atoms with Crippen LogP contribution in [0.25, 0.3) is 0 Å². The number of benzene rings is 2. The largest absolute Gasteiger partial charge is 0.474 e. The first kappa shape index (κ1) is 23.3. The number of thioether (sulfide) groups is 2. The van der Waals surface area contributed by atoms with E-state index in [-0.39, 0.29) is 13.0 Å². The molecule has 3 atom stereocenters. The smallest absolute Gasteiger partial charge is 0.188 e. The van der Waals surface area contributed by atoms with Gasteiger partial charge in [-0.15, -0.1) is 23.5 Å². The van der Waals surface area contributed by atoms with Crippen LogP contribution in [0, 0.1) is 24.7 Å². The Kier molecular flexibility index (Phi) is 8.81. The monoisotopic (exact) mass is 447 g/mol. The van der Waals surface area contributed by atoms with E-state index in [9.17, 15) is 0 Å². The van der Waals surface area contributed by atoms with E-state index < -0.39 is 0 Å². The number of hydrogen-bond donors (Lipinski definition) is 1. The molecule has 1 aliphatic rings. The Morgan fingerprint density at radius 2 is 2.00 bits per heavy atom. The lowest BCUT2D eigenvalue weighted by molar-refractivity contribution is 0.0486. The molecule has 0 saturated carbocycles. The summed E-state index contributed by atoms with van der Waals surface area (Å²) in [5.41, 5.74) is 7.60. The van der Waals surface area contributed by atoms with Gasteiger partial charge in [0.2, 0.25) is 0 Å². The molecule has 3 rings (SSSR count). The summed E-state index contributed by atoms with van der Waals surface area (Å²) in [5.74, 6) is 5.25. The van der Waals surface area contributed by atoms with Crippen LogP contribution in [0.15, 0.2) is 52.3 Å². The summed E-state index contributed by atoms with van der Waals surface area (Å²) in [5, 5.41) is 0. The molecule has 2 N–H and O–H groups in total. The molecule has 30 heavy (non-hydrogen) atoms. The maximum Gasteiger partial charge on any atom is 0.188 e. The summed E-state index contributed by atoms with van der Waals surface area (Å²) < 4.78 is 17.1. The van der Waals surface area contributed by atoms with Gasteiger partial charge in [-0.25, -0.2) is 0 Å². The molecule has 0 fully saturated rings. The Hall–Kier alpha value is -1.34. The SMILES string of the molecule is COCOc1c(C)cccc1SC[C@@H](C[C@H]1CSc2ccccc2OC1N)C(C)C. The highest BCUT2D eigenvalue weighted by Crippen LogP contribution is 2.40. The van der Waals surface area contributed by atoms with Gasteiger partial charge in [0.15, 0.2) is 13.0 Å². The summed E-state index contributed by atoms with van der Waals surface area (Å²) in [4.78, 5) is 2.35. The average Bonchev–Trinajstić information content (AvgIpc) is 2.88. The zero-order valence-electron chi connectivity index (χ0n) is 18.3. The van der Waals surface area contributed by atoms with Gasteiger partial charge in [-0.2, -0.15) is 0 Å². The number of rotatable bonds is 9. The van der Waals surface area contributed by atoms with E-state index in [2.05, 4.69) is 51.1 Å². The molecule has 0 bridgehead atoms. The van der Waals surface area contributed by atoms with E-state index in [0.29, 0.717) is 17.8 Å². The van der Waals surface area contributed by atoms with Gasteiger partial charge in [0.25, 0.3) is 0 Å². The Labute approximate surface area is 189 Å². The van der Waals surface area contributed by atoms with Crippen molar-refractivity contribution >= 4 is 23.5 Å². The predicted molar refractivity (Wildman–Crippen MR) is 127 cm³/mol. The minimum absolute atomic E-state index is 0.262. The summed E-state index contributed by atoms with van der Waals surface area (Å²) in [6.07, 6.45) is 0.777. The van der Waals surface area contributed by atoms with Crippen LogP contribution in [0.2, 0.25) is 0 Å². The lowest BCUT2D eigenvalue weighted by Gasteiger charge is -2.28. The maximum absolute atomic E-state index is 6.47. The lowest BCUT2D eigenvalue weighted by atomic mass is 9.87. The van der Waals surface area contributed by atoms with Gasteiger partial charge in [-0.05, 0) is 48.9 Å². The van der Waals surface area contributed by atoms with Gasteiger partial charge in [0, 0.05) is 34.3 Å². The van der Waals surface area contributed by atoms with Gasteiger partial charge in [-0.1, -0.05) is 38.1 Å². The van der Waals surface area contributed by atoms with Gasteiger partial charge in [-0.3, -0.25) is 5.73 Å². The topological polar surface area (TPSA) is 53.7 Å². The van der Waals surface area contributed by atoms with E-state index in [1.165, 1.54) is 9.79 Å². The zero-order chi connectivity index (χ0) is 21.5. The molecular weight excluding hydrogens is 414 g/mol. The fourth-order valence-corrected chi connectivity index (χ4v) is 6.16. The molecule has 0 aromatic heterocycles. The number of fused-ring (bicyclic) bond motifs is 1. The molecular formula is C24H33NO3S2. The number of aryl methyl sites for hydroxylation is 1. The fourth-order valence-electron chi connectivity index (χ4n) is 3.56. The minimum Gasteiger partial charge on any atom is -0.474 e. The number of para-hydroxylation sites is 2. The molecule has 4 nitrogen and oxygen atoms in total. The van der Waals surface area contributed by atoms with Crippen molar-refractivity contribution in [2.75, 3.05) is 25.4 Å². The Balaban J connectivity index is 1.65. The number of hydrogen-bond acceptors (Lipinski definition) is 6. The molecule has 0 radical (unpaired) electrons. The van der Waals surface area contributed by atoms with Gasteiger partial charge < -0.3 is 14.2 Å². The number of nitrogens with two attached hydrogens (primary N) is 1. The van der Waals surface area contributed by atoms with Gasteiger partial charge in [0.05, 0.1) is 0 Å². The molecule has 6 heteroatoms. The van der Waals surface area contributed by atoms with Crippen molar-refractivity contribution in [1.82, 2.24) is 0 Å². The molecule has 0 spiro atoms. The molecule has 1 aliphatic heterocycles. The zero-order valence-corrected chi connectivity index (χ0v) is 19.9. The van der Waals surface area contributed by atoms with Gasteiger partial charge >= 0.3 is 0 Å². The summed E-state index contributed by atoms with van der Waals surface area (Å²) in [6.45, 7) is 6.94.